The summed E-state index contributed by atoms with van der Waals surface area (Å²) >= 11 is 0. The summed E-state index contributed by atoms with van der Waals surface area (Å²) in [5.41, 5.74) is 4.68. The van der Waals surface area contributed by atoms with E-state index >= 15 is 0 Å². The lowest BCUT2D eigenvalue weighted by molar-refractivity contribution is -0.729. The van der Waals surface area contributed by atoms with E-state index in [1.54, 1.807) is 0 Å². The summed E-state index contributed by atoms with van der Waals surface area (Å²) in [4.78, 5) is 9.24. The zero-order valence-corrected chi connectivity index (χ0v) is 7.60. The Bertz CT molecular complexity index is 481. The average molecular weight is 219 g/mol. The van der Waals surface area contributed by atoms with Gasteiger partial charge in [0.15, 0.2) is 0 Å². The van der Waals surface area contributed by atoms with Crippen LogP contribution in [-0.4, -0.2) is 23.1 Å². The molecule has 0 unspecified atom stereocenters. The highest BCUT2D eigenvalue weighted by atomic mass is 32.2. The normalized spacial score (nSPS) is 11.2. The molecule has 7 nitrogen and oxygen atoms in total. The van der Waals surface area contributed by atoms with Gasteiger partial charge in [0.05, 0.1) is 10.6 Å². The molecule has 1 rings (SSSR count). The molecule has 0 aliphatic rings. The lowest BCUT2D eigenvalue weighted by atomic mass is 10.3. The van der Waals surface area contributed by atoms with Crippen LogP contribution in [-0.2, 0) is 10.1 Å². The molecule has 14 heavy (non-hydrogen) atoms. The minimum absolute atomic E-state index is 0.210. The zero-order chi connectivity index (χ0) is 10.9. The van der Waals surface area contributed by atoms with E-state index in [4.69, 9.17) is 15.5 Å². The molecular formula is C6H7N2O5S+. The maximum absolute atomic E-state index is 10.7. The molecule has 0 aliphatic carbocycles. The smallest absolute Gasteiger partial charge is 0.318 e. The maximum atomic E-state index is 10.7. The van der Waals surface area contributed by atoms with E-state index < -0.39 is 19.9 Å². The highest BCUT2D eigenvalue weighted by Gasteiger charge is 2.20. The number of nitrogens with two attached hydrogens (primary N) is 1. The molecule has 0 heterocycles. The van der Waals surface area contributed by atoms with Crippen LogP contribution in [0.15, 0.2) is 23.1 Å². The fourth-order valence-corrected chi connectivity index (χ4v) is 1.50. The van der Waals surface area contributed by atoms with Crippen LogP contribution in [0.5, 0.6) is 0 Å². The van der Waals surface area contributed by atoms with Crippen molar-refractivity contribution in [3.63, 3.8) is 0 Å². The summed E-state index contributed by atoms with van der Waals surface area (Å²) in [6.45, 7) is 0. The molecule has 0 radical (unpaired) electrons. The van der Waals surface area contributed by atoms with E-state index in [1.807, 2.05) is 0 Å². The second-order valence-electron chi connectivity index (χ2n) is 2.47. The van der Waals surface area contributed by atoms with Crippen LogP contribution in [0.2, 0.25) is 0 Å². The molecular weight excluding hydrogens is 212 g/mol. The quantitative estimate of drug-likeness (QED) is 0.374. The van der Waals surface area contributed by atoms with Crippen molar-refractivity contribution in [2.75, 3.05) is 5.73 Å². The molecule has 76 valence electrons. The van der Waals surface area contributed by atoms with Gasteiger partial charge in [-0.25, -0.2) is 5.21 Å². The van der Waals surface area contributed by atoms with Gasteiger partial charge in [0, 0.05) is 12.1 Å². The predicted molar refractivity (Wildman–Crippen MR) is 45.7 cm³/mol. The Hall–Kier alpha value is -1.67. The van der Waals surface area contributed by atoms with Crippen LogP contribution in [0.25, 0.3) is 0 Å². The van der Waals surface area contributed by atoms with Crippen molar-refractivity contribution in [3.05, 3.63) is 23.1 Å². The number of hydrogen-bond acceptors (Lipinski definition) is 4. The van der Waals surface area contributed by atoms with Crippen LogP contribution in [0.1, 0.15) is 0 Å². The molecule has 1 aromatic carbocycles. The molecule has 4 N–H and O–H groups in total. The number of nitrogens with zero attached hydrogens (tertiary/aromatic N) is 1. The summed E-state index contributed by atoms with van der Waals surface area (Å²) < 4.78 is 30.1. The summed E-state index contributed by atoms with van der Waals surface area (Å²) in [5.74, 6) is 0. The Labute approximate surface area is 79.1 Å². The van der Waals surface area contributed by atoms with Crippen LogP contribution in [0.4, 0.5) is 11.4 Å². The molecule has 0 saturated carbocycles. The Balaban J connectivity index is 3.44. The van der Waals surface area contributed by atoms with Gasteiger partial charge in [-0.2, -0.15) is 8.42 Å². The zero-order valence-electron chi connectivity index (χ0n) is 6.78. The van der Waals surface area contributed by atoms with Crippen LogP contribution < -0.4 is 5.73 Å². The maximum Gasteiger partial charge on any atom is 0.318 e. The molecule has 0 saturated heterocycles. The van der Waals surface area contributed by atoms with Gasteiger partial charge in [-0.05, 0) is 6.07 Å². The van der Waals surface area contributed by atoms with Crippen LogP contribution >= 0.6 is 0 Å². The Morgan fingerprint density at radius 3 is 2.36 bits per heavy atom. The van der Waals surface area contributed by atoms with Gasteiger partial charge >= 0.3 is 5.69 Å². The molecule has 0 fully saturated rings. The molecule has 0 spiro atoms. The summed E-state index contributed by atoms with van der Waals surface area (Å²) in [6.07, 6.45) is 0. The second-order valence-corrected chi connectivity index (χ2v) is 3.86. The van der Waals surface area contributed by atoms with Gasteiger partial charge in [0.1, 0.15) is 4.90 Å². The Morgan fingerprint density at radius 1 is 1.36 bits per heavy atom. The first kappa shape index (κ1) is 10.4. The molecule has 0 amide bonds. The third kappa shape index (κ3) is 1.98. The van der Waals surface area contributed by atoms with Crippen molar-refractivity contribution in [3.8, 4) is 0 Å². The van der Waals surface area contributed by atoms with E-state index in [9.17, 15) is 13.3 Å². The number of anilines is 1. The summed E-state index contributed by atoms with van der Waals surface area (Å²) in [6, 6.07) is 2.95. The second kappa shape index (κ2) is 3.24. The SMILES string of the molecule is Nc1ccc([N+](=O)O)cc1S(=O)(=O)O. The predicted octanol–water partition coefficient (Wildman–Crippen LogP) is 0.315. The topological polar surface area (TPSA) is 121 Å². The number of nitrogen functional groups attached to an aromatic ring is 1. The van der Waals surface area contributed by atoms with E-state index in [1.165, 1.54) is 0 Å². The van der Waals surface area contributed by atoms with Crippen molar-refractivity contribution in [1.29, 1.82) is 0 Å². The van der Waals surface area contributed by atoms with Gasteiger partial charge in [-0.1, -0.05) is 0 Å². The standard InChI is InChI=1S/C6H6N2O5S/c7-5-2-1-4(8(9)10)3-6(5)14(11,12)13/h1-3H,7H2,(H-,9,10,11,12,13)/p+1. The largest absolute Gasteiger partial charge is 0.398 e. The molecule has 0 aromatic heterocycles. The number of rotatable bonds is 2. The third-order valence-electron chi connectivity index (χ3n) is 1.50. The van der Waals surface area contributed by atoms with E-state index in [-0.39, 0.29) is 11.4 Å². The van der Waals surface area contributed by atoms with Crippen molar-refractivity contribution < 1.29 is 23.1 Å². The van der Waals surface area contributed by atoms with Crippen LogP contribution in [0.3, 0.4) is 0 Å². The van der Waals surface area contributed by atoms with Gasteiger partial charge < -0.3 is 5.73 Å². The van der Waals surface area contributed by atoms with Crippen molar-refractivity contribution in [2.24, 2.45) is 0 Å². The number of hydrogen-bond donors (Lipinski definition) is 3. The van der Waals surface area contributed by atoms with E-state index in [0.717, 1.165) is 18.2 Å². The van der Waals surface area contributed by atoms with Crippen LogP contribution in [0, 0.1) is 4.91 Å². The molecule has 0 atom stereocenters. The highest BCUT2D eigenvalue weighted by molar-refractivity contribution is 7.86. The minimum Gasteiger partial charge on any atom is -0.398 e. The first-order chi connectivity index (χ1) is 6.32. The number of benzene rings is 1. The van der Waals surface area contributed by atoms with Crippen molar-refractivity contribution in [1.82, 2.24) is 0 Å². The average Bonchev–Trinajstić information content (AvgIpc) is 2.02. The summed E-state index contributed by atoms with van der Waals surface area (Å²) in [7, 11) is -4.49. The van der Waals surface area contributed by atoms with Gasteiger partial charge in [-0.3, -0.25) is 4.55 Å². The van der Waals surface area contributed by atoms with Gasteiger partial charge in [0.25, 0.3) is 15.0 Å². The Kier molecular flexibility index (Phi) is 2.41. The molecule has 1 aromatic rings. The van der Waals surface area contributed by atoms with Crippen molar-refractivity contribution in [2.45, 2.75) is 4.90 Å². The molecule has 0 bridgehead atoms. The summed E-state index contributed by atoms with van der Waals surface area (Å²) in [5, 5.41) is 8.47. The first-order valence-corrected chi connectivity index (χ1v) is 4.79. The van der Waals surface area contributed by atoms with Crippen molar-refractivity contribution >= 4 is 21.5 Å². The molecule has 0 aliphatic heterocycles. The fourth-order valence-electron chi connectivity index (χ4n) is 0.865. The Morgan fingerprint density at radius 2 is 1.93 bits per heavy atom. The van der Waals surface area contributed by atoms with E-state index in [2.05, 4.69) is 0 Å². The van der Waals surface area contributed by atoms with Gasteiger partial charge in [0.2, 0.25) is 0 Å². The monoisotopic (exact) mass is 219 g/mol. The lowest BCUT2D eigenvalue weighted by Gasteiger charge is -1.99. The lowest BCUT2D eigenvalue weighted by Crippen LogP contribution is -2.04. The molecule has 8 heteroatoms. The third-order valence-corrected chi connectivity index (χ3v) is 2.41. The highest BCUT2D eigenvalue weighted by Crippen LogP contribution is 2.23. The van der Waals surface area contributed by atoms with E-state index in [0.29, 0.717) is 0 Å². The van der Waals surface area contributed by atoms with Gasteiger partial charge in [-0.15, -0.1) is 0 Å². The first-order valence-electron chi connectivity index (χ1n) is 3.35. The minimum atomic E-state index is -4.49. The fraction of sp³-hybridized carbons (Fsp3) is 0.